The van der Waals surface area contributed by atoms with Gasteiger partial charge in [-0.05, 0) is 57.0 Å². The van der Waals surface area contributed by atoms with Gasteiger partial charge in [0.25, 0.3) is 0 Å². The Kier molecular flexibility index (Phi) is 7.03. The summed E-state index contributed by atoms with van der Waals surface area (Å²) in [5.74, 6) is 0. The van der Waals surface area contributed by atoms with Gasteiger partial charge in [-0.25, -0.2) is 9.97 Å². The van der Waals surface area contributed by atoms with E-state index in [0.717, 1.165) is 22.1 Å². The molecule has 4 aromatic heterocycles. The zero-order chi connectivity index (χ0) is 37.4. The average molecular weight is 763 g/mol. The van der Waals surface area contributed by atoms with Gasteiger partial charge in [-0.2, -0.15) is 0 Å². The molecule has 0 atom stereocenters. The lowest BCUT2D eigenvalue weighted by atomic mass is 9.83. The van der Waals surface area contributed by atoms with E-state index in [-0.39, 0.29) is 10.8 Å². The number of nitrogens with zero attached hydrogens (tertiary/aromatic N) is 2. The number of fused-ring (bicyclic) bond motifs is 13. The highest BCUT2D eigenvalue weighted by molar-refractivity contribution is 7.28. The smallest absolute Gasteiger partial charge is 0.109 e. The normalized spacial score (nSPS) is 12.9. The Morgan fingerprint density at radius 2 is 0.782 bits per heavy atom. The first-order valence-electron chi connectivity index (χ1n) is 19.0. The Labute approximate surface area is 331 Å². The van der Waals surface area contributed by atoms with Crippen molar-refractivity contribution in [2.75, 3.05) is 0 Å². The first-order valence-corrected chi connectivity index (χ1v) is 21.4. The van der Waals surface area contributed by atoms with Crippen molar-refractivity contribution in [1.29, 1.82) is 0 Å². The van der Waals surface area contributed by atoms with Gasteiger partial charge >= 0.3 is 0 Å². The van der Waals surface area contributed by atoms with Crippen molar-refractivity contribution >= 4 is 118 Å². The van der Waals surface area contributed by atoms with Crippen LogP contribution in [-0.4, -0.2) is 9.97 Å². The molecule has 55 heavy (non-hydrogen) atoms. The lowest BCUT2D eigenvalue weighted by Crippen LogP contribution is -2.11. The van der Waals surface area contributed by atoms with E-state index in [1.807, 2.05) is 34.0 Å². The molecule has 0 unspecified atom stereocenters. The van der Waals surface area contributed by atoms with Crippen LogP contribution in [0.5, 0.6) is 0 Å². The summed E-state index contributed by atoms with van der Waals surface area (Å²) >= 11 is 5.61. The molecule has 0 fully saturated rings. The van der Waals surface area contributed by atoms with Crippen molar-refractivity contribution in [3.63, 3.8) is 0 Å². The van der Waals surface area contributed by atoms with Crippen LogP contribution in [0.2, 0.25) is 0 Å². The van der Waals surface area contributed by atoms with Gasteiger partial charge < -0.3 is 0 Å². The molecule has 0 radical (unpaired) electrons. The Hall–Kier alpha value is -5.20. The van der Waals surface area contributed by atoms with Crippen LogP contribution in [0.1, 0.15) is 52.7 Å². The molecular formula is C50H38N2S3. The number of hydrogen-bond donors (Lipinski definition) is 0. The Morgan fingerprint density at radius 1 is 0.364 bits per heavy atom. The topological polar surface area (TPSA) is 25.8 Å². The quantitative estimate of drug-likeness (QED) is 0.164. The van der Waals surface area contributed by atoms with Crippen LogP contribution in [0.3, 0.4) is 0 Å². The second-order valence-corrected chi connectivity index (χ2v) is 20.1. The number of benzene rings is 7. The van der Waals surface area contributed by atoms with E-state index in [1.165, 1.54) is 93.9 Å². The van der Waals surface area contributed by atoms with Crippen molar-refractivity contribution in [2.45, 2.75) is 52.4 Å². The van der Waals surface area contributed by atoms with E-state index >= 15 is 0 Å². The molecule has 0 N–H and O–H groups in total. The van der Waals surface area contributed by atoms with Crippen LogP contribution in [-0.2, 0) is 10.8 Å². The lowest BCUT2D eigenvalue weighted by molar-refractivity contribution is 0.591. The largest absolute Gasteiger partial charge is 0.242 e. The molecule has 4 heterocycles. The molecule has 11 aromatic rings. The summed E-state index contributed by atoms with van der Waals surface area (Å²) < 4.78 is 5.21. The van der Waals surface area contributed by atoms with E-state index in [1.54, 1.807) is 0 Å². The minimum absolute atomic E-state index is 0.0104. The highest BCUT2D eigenvalue weighted by atomic mass is 32.1. The molecule has 5 heteroatoms. The molecule has 0 saturated heterocycles. The first kappa shape index (κ1) is 33.2. The molecule has 0 bridgehead atoms. The van der Waals surface area contributed by atoms with Crippen LogP contribution in [0, 0.1) is 0 Å². The highest BCUT2D eigenvalue weighted by Gasteiger charge is 2.26. The minimum atomic E-state index is -0.0104. The molecule has 7 aromatic carbocycles. The molecule has 11 rings (SSSR count). The predicted octanol–water partition coefficient (Wildman–Crippen LogP) is 15.8. The molecule has 2 nitrogen and oxygen atoms in total. The van der Waals surface area contributed by atoms with Gasteiger partial charge in [0.2, 0.25) is 0 Å². The molecule has 0 aliphatic heterocycles. The highest BCUT2D eigenvalue weighted by Crippen LogP contribution is 2.51. The summed E-state index contributed by atoms with van der Waals surface area (Å²) in [7, 11) is 0. The van der Waals surface area contributed by atoms with Crippen molar-refractivity contribution < 1.29 is 0 Å². The molecule has 0 amide bonds. The number of thiophene rings is 3. The van der Waals surface area contributed by atoms with Crippen LogP contribution in [0.15, 0.2) is 121 Å². The first-order chi connectivity index (χ1) is 26.5. The second kappa shape index (κ2) is 11.7. The van der Waals surface area contributed by atoms with Crippen LogP contribution in [0.25, 0.3) is 105 Å². The summed E-state index contributed by atoms with van der Waals surface area (Å²) in [6.45, 7) is 13.8. The minimum Gasteiger partial charge on any atom is -0.242 e. The molecular weight excluding hydrogens is 725 g/mol. The van der Waals surface area contributed by atoms with Gasteiger partial charge in [-0.3, -0.25) is 0 Å². The fourth-order valence-electron chi connectivity index (χ4n) is 8.43. The van der Waals surface area contributed by atoms with E-state index in [4.69, 9.17) is 9.97 Å². The summed E-state index contributed by atoms with van der Waals surface area (Å²) in [4.78, 5) is 14.0. The van der Waals surface area contributed by atoms with Crippen molar-refractivity contribution in [2.24, 2.45) is 0 Å². The zero-order valence-corrected chi connectivity index (χ0v) is 34.1. The Balaban J connectivity index is 1.33. The van der Waals surface area contributed by atoms with E-state index in [2.05, 4.69) is 163 Å². The number of rotatable bonds is 2. The third-order valence-corrected chi connectivity index (χ3v) is 15.1. The van der Waals surface area contributed by atoms with Gasteiger partial charge in [-0.15, -0.1) is 34.0 Å². The third kappa shape index (κ3) is 4.96. The number of hydrogen-bond acceptors (Lipinski definition) is 5. The van der Waals surface area contributed by atoms with Gasteiger partial charge in [0, 0.05) is 62.2 Å². The molecule has 266 valence electrons. The summed E-state index contributed by atoms with van der Waals surface area (Å²) in [5.41, 5.74) is 8.93. The van der Waals surface area contributed by atoms with Gasteiger partial charge in [0.05, 0.1) is 20.8 Å². The van der Waals surface area contributed by atoms with Crippen molar-refractivity contribution in [1.82, 2.24) is 9.97 Å². The average Bonchev–Trinajstić information content (AvgIpc) is 3.87. The summed E-state index contributed by atoms with van der Waals surface area (Å²) in [6, 6.07) is 45.2. The van der Waals surface area contributed by atoms with Gasteiger partial charge in [0.15, 0.2) is 0 Å². The lowest BCUT2D eigenvalue weighted by Gasteiger charge is -2.22. The standard InChI is InChI=1S/C50H38N2S3/c1-49(2,3)27-21-23-29-30-24-22-28(50(4,5)6)26-38(30)42-41(37(29)25-27)51-43-44(52-42)48(36-18-12-16-34-32-14-8-10-20-40(32)54-46(34)36)55-47(43)35-17-11-15-33-31-13-7-9-19-39(31)53-45(33)35/h7-26H,1-6H3. The van der Waals surface area contributed by atoms with E-state index in [0.29, 0.717) is 0 Å². The third-order valence-electron chi connectivity index (χ3n) is 11.4. The zero-order valence-electron chi connectivity index (χ0n) is 31.7. The molecule has 0 saturated carbocycles. The predicted molar refractivity (Wildman–Crippen MR) is 244 cm³/mol. The summed E-state index contributed by atoms with van der Waals surface area (Å²) in [5, 5.41) is 9.98. The van der Waals surface area contributed by atoms with Crippen molar-refractivity contribution in [3.8, 4) is 20.9 Å². The van der Waals surface area contributed by atoms with Gasteiger partial charge in [-0.1, -0.05) is 139 Å². The monoisotopic (exact) mass is 762 g/mol. The fraction of sp³-hybridized carbons (Fsp3) is 0.160. The number of aromatic nitrogens is 2. The molecule has 0 aliphatic carbocycles. The second-order valence-electron chi connectivity index (χ2n) is 17.0. The Morgan fingerprint density at radius 3 is 1.22 bits per heavy atom. The SMILES string of the molecule is CC(C)(C)c1ccc2c3ccc(C(C)(C)C)cc3c3nc4c(-c5cccc6c5sc5ccccc56)sc(-c5cccc6c5sc5ccccc56)c4nc3c2c1. The van der Waals surface area contributed by atoms with Gasteiger partial charge in [0.1, 0.15) is 11.0 Å². The van der Waals surface area contributed by atoms with E-state index in [9.17, 15) is 0 Å². The van der Waals surface area contributed by atoms with Crippen LogP contribution in [0.4, 0.5) is 0 Å². The maximum atomic E-state index is 5.83. The maximum Gasteiger partial charge on any atom is 0.109 e. The summed E-state index contributed by atoms with van der Waals surface area (Å²) in [6.07, 6.45) is 0. The Bertz CT molecular complexity index is 3170. The fourth-order valence-corrected chi connectivity index (χ4v) is 12.2. The molecule has 0 aliphatic rings. The van der Waals surface area contributed by atoms with Crippen LogP contribution >= 0.6 is 34.0 Å². The maximum absolute atomic E-state index is 5.83. The van der Waals surface area contributed by atoms with E-state index < -0.39 is 0 Å². The van der Waals surface area contributed by atoms with Crippen molar-refractivity contribution in [3.05, 3.63) is 132 Å². The molecule has 0 spiro atoms. The van der Waals surface area contributed by atoms with Crippen LogP contribution < -0.4 is 0 Å².